The van der Waals surface area contributed by atoms with Gasteiger partial charge in [0.05, 0.1) is 12.5 Å². The summed E-state index contributed by atoms with van der Waals surface area (Å²) < 4.78 is 16.6. The minimum atomic E-state index is -0.652. The third-order valence-electron chi connectivity index (χ3n) is 7.10. The second kappa shape index (κ2) is 11.1. The van der Waals surface area contributed by atoms with Gasteiger partial charge < -0.3 is 9.80 Å². The van der Waals surface area contributed by atoms with E-state index in [2.05, 4.69) is 34.6 Å². The summed E-state index contributed by atoms with van der Waals surface area (Å²) in [5, 5.41) is 10.1. The van der Waals surface area contributed by atoms with E-state index in [-0.39, 0.29) is 42.7 Å². The monoisotopic (exact) mass is 501 g/mol. The van der Waals surface area contributed by atoms with Gasteiger partial charge in [-0.1, -0.05) is 39.5 Å². The lowest BCUT2D eigenvalue weighted by Crippen LogP contribution is -2.48. The highest BCUT2D eigenvalue weighted by Crippen LogP contribution is 2.35. The fourth-order valence-corrected chi connectivity index (χ4v) is 5.55. The van der Waals surface area contributed by atoms with E-state index in [4.69, 9.17) is 11.8 Å². The quantitative estimate of drug-likeness (QED) is 0.192. The molecule has 3 N–H and O–H groups in total. The van der Waals surface area contributed by atoms with E-state index >= 15 is 4.39 Å². The summed E-state index contributed by atoms with van der Waals surface area (Å²) in [7, 11) is 4.02. The molecular weight excluding hydrogens is 465 g/mol. The predicted molar refractivity (Wildman–Crippen MR) is 127 cm³/mol. The van der Waals surface area contributed by atoms with Crippen LogP contribution in [0.2, 0.25) is 0 Å². The molecule has 0 aromatic heterocycles. The lowest BCUT2D eigenvalue weighted by molar-refractivity contribution is -0.155. The summed E-state index contributed by atoms with van der Waals surface area (Å²) in [6.45, 7) is 5.42. The van der Waals surface area contributed by atoms with Gasteiger partial charge in [0.1, 0.15) is 6.67 Å². The van der Waals surface area contributed by atoms with Crippen LogP contribution in [0.15, 0.2) is 16.6 Å². The van der Waals surface area contributed by atoms with Crippen molar-refractivity contribution in [3.63, 3.8) is 0 Å². The minimum Gasteiger partial charge on any atom is -0.352 e. The zero-order valence-corrected chi connectivity index (χ0v) is 21.2. The maximum atomic E-state index is 15.5. The van der Waals surface area contributed by atoms with Crippen molar-refractivity contribution < 1.29 is 19.2 Å². The summed E-state index contributed by atoms with van der Waals surface area (Å²) in [5.74, 6) is -1.28. The fourth-order valence-electron chi connectivity index (χ4n) is 5.38. The number of amidine groups is 1. The van der Waals surface area contributed by atoms with Crippen LogP contribution >= 0.6 is 11.8 Å². The lowest BCUT2D eigenvalue weighted by Gasteiger charge is -2.30. The average Bonchev–Trinajstić information content (AvgIpc) is 3.39. The molecule has 3 aliphatic rings. The van der Waals surface area contributed by atoms with E-state index < -0.39 is 17.7 Å². The molecule has 0 radical (unpaired) electrons. The molecule has 1 aliphatic carbocycles. The molecule has 192 valence electrons. The zero-order valence-electron chi connectivity index (χ0n) is 20.4. The Bertz CT molecular complexity index is 816. The third kappa shape index (κ3) is 6.11. The Morgan fingerprint density at radius 2 is 2.06 bits per heavy atom. The van der Waals surface area contributed by atoms with E-state index in [1.165, 1.54) is 0 Å². The van der Waals surface area contributed by atoms with E-state index in [0.29, 0.717) is 30.5 Å². The largest absolute Gasteiger partial charge is 0.352 e. The van der Waals surface area contributed by atoms with Gasteiger partial charge in [0.2, 0.25) is 18.1 Å². The molecule has 2 heterocycles. The zero-order chi connectivity index (χ0) is 25.0. The first-order valence-electron chi connectivity index (χ1n) is 11.8. The molecule has 1 saturated heterocycles. The number of carbonyl (C=O) groups is 2. The highest BCUT2D eigenvalue weighted by Gasteiger charge is 2.43. The van der Waals surface area contributed by atoms with Gasteiger partial charge in [-0.3, -0.25) is 25.6 Å². The molecule has 0 aromatic carbocycles. The van der Waals surface area contributed by atoms with Gasteiger partial charge in [0.15, 0.2) is 11.7 Å². The normalized spacial score (nSPS) is 23.9. The number of hydroxylamine groups is 2. The molecule has 2 amide bonds. The number of hydrogen-bond donors (Lipinski definition) is 3. The van der Waals surface area contributed by atoms with Crippen LogP contribution in [-0.4, -0.2) is 89.1 Å². The van der Waals surface area contributed by atoms with Gasteiger partial charge in [-0.15, -0.1) is 0 Å². The van der Waals surface area contributed by atoms with Crippen LogP contribution in [0.25, 0.3) is 0 Å². The van der Waals surface area contributed by atoms with Crippen LogP contribution in [0, 0.1) is 17.3 Å². The fraction of sp³-hybridized carbons (Fsp3) is 0.773. The van der Waals surface area contributed by atoms with Gasteiger partial charge in [0.25, 0.3) is 0 Å². The molecule has 0 spiro atoms. The first-order valence-corrected chi connectivity index (χ1v) is 12.1. The molecule has 2 aliphatic heterocycles. The molecule has 0 bridgehead atoms. The first kappa shape index (κ1) is 26.5. The Morgan fingerprint density at radius 1 is 1.38 bits per heavy atom. The van der Waals surface area contributed by atoms with E-state index in [9.17, 15) is 14.8 Å². The highest BCUT2D eigenvalue weighted by atomic mass is 35.5. The van der Waals surface area contributed by atoms with Gasteiger partial charge in [-0.25, -0.2) is 14.5 Å². The number of aliphatic imine (C=N–C) groups is 1. The van der Waals surface area contributed by atoms with Crippen molar-refractivity contribution >= 4 is 29.9 Å². The minimum absolute atomic E-state index is 0.0210. The van der Waals surface area contributed by atoms with Crippen LogP contribution in [0.4, 0.5) is 4.39 Å². The Balaban J connectivity index is 1.69. The van der Waals surface area contributed by atoms with Crippen molar-refractivity contribution in [3.05, 3.63) is 11.6 Å². The Hall–Kier alpha value is -2.11. The molecule has 34 heavy (non-hydrogen) atoms. The van der Waals surface area contributed by atoms with Gasteiger partial charge in [-0.2, -0.15) is 4.39 Å². The number of carbonyl (C=O) groups excluding carboxylic acids is 2. The maximum Gasteiger partial charge on any atom is 0.243 e. The second-order valence-corrected chi connectivity index (χ2v) is 10.8. The van der Waals surface area contributed by atoms with Crippen LogP contribution in [0.3, 0.4) is 0 Å². The van der Waals surface area contributed by atoms with Crippen molar-refractivity contribution in [2.24, 2.45) is 22.2 Å². The predicted octanol–water partition coefficient (Wildman–Crippen LogP) is 1.89. The van der Waals surface area contributed by atoms with Gasteiger partial charge >= 0.3 is 0 Å². The maximum absolute atomic E-state index is 15.5. The molecule has 2 fully saturated rings. The standard InChI is InChI=1S/C22H37ClFN7O3/c1-22(2)12-29(11-17(22)28(3)4)19-18(24)20(31(23)13-25-19)26-27-21(33)16(10-30(34)14-32)9-15-7-5-6-8-15/h14-17,26,34H,5-13H2,1-4H3,(H,27,33)/t16-,17?/m1/s1. The molecule has 1 unspecified atom stereocenters. The Labute approximate surface area is 205 Å². The van der Waals surface area contributed by atoms with E-state index in [1.54, 1.807) is 0 Å². The lowest BCUT2D eigenvalue weighted by atomic mass is 9.87. The topological polar surface area (TPSA) is 104 Å². The average molecular weight is 502 g/mol. The summed E-state index contributed by atoms with van der Waals surface area (Å²) in [6.07, 6.45) is 5.05. The number of likely N-dealkylation sites (tertiary alicyclic amines) is 1. The Kier molecular flexibility index (Phi) is 8.64. The third-order valence-corrected chi connectivity index (χ3v) is 7.38. The molecule has 1 saturated carbocycles. The molecule has 0 aromatic rings. The summed E-state index contributed by atoms with van der Waals surface area (Å²) >= 11 is 6.19. The van der Waals surface area contributed by atoms with Crippen LogP contribution in [0.5, 0.6) is 0 Å². The molecular formula is C22H37ClFN7O3. The molecule has 12 heteroatoms. The number of amides is 2. The smallest absolute Gasteiger partial charge is 0.243 e. The van der Waals surface area contributed by atoms with E-state index in [0.717, 1.165) is 30.1 Å². The van der Waals surface area contributed by atoms with Crippen molar-refractivity contribution in [1.29, 1.82) is 0 Å². The number of nitrogens with one attached hydrogen (secondary N) is 2. The highest BCUT2D eigenvalue weighted by molar-refractivity contribution is 6.15. The number of nitrogens with zero attached hydrogens (tertiary/aromatic N) is 5. The van der Waals surface area contributed by atoms with Crippen LogP contribution < -0.4 is 10.9 Å². The van der Waals surface area contributed by atoms with Crippen molar-refractivity contribution in [2.75, 3.05) is 40.4 Å². The Morgan fingerprint density at radius 3 is 2.65 bits per heavy atom. The number of hydrazine groups is 1. The van der Waals surface area contributed by atoms with Gasteiger partial charge in [0, 0.05) is 30.9 Å². The molecule has 2 atom stereocenters. The first-order chi connectivity index (χ1) is 16.0. The van der Waals surface area contributed by atoms with Crippen molar-refractivity contribution in [3.8, 4) is 0 Å². The molecule has 3 rings (SSSR count). The van der Waals surface area contributed by atoms with Crippen molar-refractivity contribution in [1.82, 2.24) is 30.1 Å². The van der Waals surface area contributed by atoms with Gasteiger partial charge in [-0.05, 0) is 31.8 Å². The summed E-state index contributed by atoms with van der Waals surface area (Å²) in [5.41, 5.74) is 5.08. The number of halogens is 2. The summed E-state index contributed by atoms with van der Waals surface area (Å²) in [6, 6.07) is 0.226. The second-order valence-electron chi connectivity index (χ2n) is 10.4. The van der Waals surface area contributed by atoms with Crippen LogP contribution in [-0.2, 0) is 9.59 Å². The van der Waals surface area contributed by atoms with Crippen LogP contribution in [0.1, 0.15) is 46.0 Å². The van der Waals surface area contributed by atoms with Crippen molar-refractivity contribution in [2.45, 2.75) is 52.0 Å². The number of rotatable bonds is 9. The number of likely N-dealkylation sites (N-methyl/N-ethyl adjacent to an activating group) is 1. The summed E-state index contributed by atoms with van der Waals surface area (Å²) in [4.78, 5) is 32.1. The number of hydrogen-bond acceptors (Lipinski definition) is 8. The van der Waals surface area contributed by atoms with E-state index in [1.807, 2.05) is 19.0 Å². The molecule has 10 nitrogen and oxygen atoms in total. The SMILES string of the molecule is CN(C)C1CN(C2=NCN(Cl)C(NNC(=O)[C@H](CC3CCCC3)CN(O)C=O)=C2F)CC1(C)C.